The molecule has 0 aliphatic carbocycles. The molecule has 0 atom stereocenters. The van der Waals surface area contributed by atoms with E-state index < -0.39 is 22.2 Å². The summed E-state index contributed by atoms with van der Waals surface area (Å²) in [6.45, 7) is 0.250. The lowest BCUT2D eigenvalue weighted by atomic mass is 10.2. The van der Waals surface area contributed by atoms with Crippen LogP contribution in [-0.4, -0.2) is 4.92 Å². The smallest absolute Gasteiger partial charge is 0.327 e. The Morgan fingerprint density at radius 1 is 1.37 bits per heavy atom. The van der Waals surface area contributed by atoms with Crippen molar-refractivity contribution in [1.29, 1.82) is 0 Å². The van der Waals surface area contributed by atoms with E-state index in [4.69, 9.17) is 0 Å². The molecular weight excluding hydrogens is 342 g/mol. The predicted molar refractivity (Wildman–Crippen MR) is 72.4 cm³/mol. The molecule has 1 aromatic carbocycles. The van der Waals surface area contributed by atoms with Gasteiger partial charge in [-0.15, -0.1) is 11.3 Å². The van der Waals surface area contributed by atoms with Gasteiger partial charge in [0.25, 0.3) is 0 Å². The molecule has 8 heteroatoms. The lowest BCUT2D eigenvalue weighted by Gasteiger charge is -2.06. The highest BCUT2D eigenvalue weighted by Crippen LogP contribution is 2.30. The third-order valence-electron chi connectivity index (χ3n) is 2.29. The Bertz CT molecular complexity index is 633. The quantitative estimate of drug-likeness (QED) is 0.661. The maximum absolute atomic E-state index is 13.4. The number of nitrogens with one attached hydrogen (secondary N) is 1. The average Bonchev–Trinajstić information content (AvgIpc) is 2.71. The Labute approximate surface area is 119 Å². The van der Waals surface area contributed by atoms with Crippen molar-refractivity contribution in [2.75, 3.05) is 5.32 Å². The summed E-state index contributed by atoms with van der Waals surface area (Å²) in [5.74, 6) is -2.06. The minimum absolute atomic E-state index is 0.174. The number of halogens is 3. The number of nitro benzene ring substituents is 1. The highest BCUT2D eigenvalue weighted by atomic mass is 79.9. The molecule has 100 valence electrons. The molecular formula is C11H7BrF2N2O2S. The fraction of sp³-hybridized carbons (Fsp3) is 0.0909. The number of hydrogen-bond acceptors (Lipinski definition) is 4. The molecule has 0 aliphatic rings. The average molecular weight is 349 g/mol. The summed E-state index contributed by atoms with van der Waals surface area (Å²) in [4.78, 5) is 10.8. The van der Waals surface area contributed by atoms with E-state index in [1.165, 1.54) is 11.3 Å². The first-order chi connectivity index (χ1) is 8.97. The van der Waals surface area contributed by atoms with E-state index in [9.17, 15) is 18.9 Å². The number of benzene rings is 1. The summed E-state index contributed by atoms with van der Waals surface area (Å²) in [6.07, 6.45) is 0. The van der Waals surface area contributed by atoms with Gasteiger partial charge in [-0.2, -0.15) is 4.39 Å². The fourth-order valence-electron chi connectivity index (χ4n) is 1.52. The first-order valence-corrected chi connectivity index (χ1v) is 6.75. The molecule has 0 spiro atoms. The highest BCUT2D eigenvalue weighted by Gasteiger charge is 2.21. The van der Waals surface area contributed by atoms with Gasteiger partial charge >= 0.3 is 5.69 Å². The molecule has 0 radical (unpaired) electrons. The first kappa shape index (κ1) is 13.9. The van der Waals surface area contributed by atoms with Gasteiger partial charge in [0.15, 0.2) is 0 Å². The van der Waals surface area contributed by atoms with E-state index in [0.717, 1.165) is 15.4 Å². The largest absolute Gasteiger partial charge is 0.374 e. The SMILES string of the molecule is O=[N+]([O-])c1c(F)cc(F)cc1NCc1cc(Br)cs1. The number of nitrogens with zero attached hydrogens (tertiary/aromatic N) is 1. The van der Waals surface area contributed by atoms with Gasteiger partial charge < -0.3 is 5.32 Å². The van der Waals surface area contributed by atoms with Crippen LogP contribution in [0.1, 0.15) is 4.88 Å². The molecule has 2 aromatic rings. The zero-order valence-corrected chi connectivity index (χ0v) is 11.7. The van der Waals surface area contributed by atoms with Crippen LogP contribution in [0.4, 0.5) is 20.2 Å². The van der Waals surface area contributed by atoms with Gasteiger partial charge in [-0.1, -0.05) is 0 Å². The molecule has 1 N–H and O–H groups in total. The van der Waals surface area contributed by atoms with Crippen molar-refractivity contribution in [3.8, 4) is 0 Å². The van der Waals surface area contributed by atoms with Gasteiger partial charge in [-0.3, -0.25) is 10.1 Å². The highest BCUT2D eigenvalue weighted by molar-refractivity contribution is 9.10. The second-order valence-corrected chi connectivity index (χ2v) is 5.54. The molecule has 2 rings (SSSR count). The number of rotatable bonds is 4. The Morgan fingerprint density at radius 2 is 2.11 bits per heavy atom. The van der Waals surface area contributed by atoms with E-state index in [1.54, 1.807) is 0 Å². The summed E-state index contributed by atoms with van der Waals surface area (Å²) < 4.78 is 27.3. The van der Waals surface area contributed by atoms with Crippen LogP contribution < -0.4 is 5.32 Å². The Kier molecular flexibility index (Phi) is 4.11. The van der Waals surface area contributed by atoms with Gasteiger partial charge in [0.2, 0.25) is 5.82 Å². The van der Waals surface area contributed by atoms with Crippen molar-refractivity contribution < 1.29 is 13.7 Å². The topological polar surface area (TPSA) is 55.2 Å². The summed E-state index contributed by atoms with van der Waals surface area (Å²) in [5, 5.41) is 15.3. The van der Waals surface area contributed by atoms with E-state index >= 15 is 0 Å². The van der Waals surface area contributed by atoms with Crippen molar-refractivity contribution >= 4 is 38.6 Å². The van der Waals surface area contributed by atoms with Crippen LogP contribution in [0.5, 0.6) is 0 Å². The molecule has 19 heavy (non-hydrogen) atoms. The molecule has 1 aromatic heterocycles. The Hall–Kier alpha value is -1.54. The van der Waals surface area contributed by atoms with Crippen LogP contribution in [0.2, 0.25) is 0 Å². The standard InChI is InChI=1S/C11H7BrF2N2O2S/c12-6-1-8(19-5-6)4-15-10-3-7(13)2-9(14)11(10)16(17)18/h1-3,5,15H,4H2. The molecule has 4 nitrogen and oxygen atoms in total. The third-order valence-corrected chi connectivity index (χ3v) is 3.98. The molecule has 0 bridgehead atoms. The summed E-state index contributed by atoms with van der Waals surface area (Å²) in [6, 6.07) is 3.22. The van der Waals surface area contributed by atoms with Gasteiger partial charge in [-0.25, -0.2) is 4.39 Å². The molecule has 0 aliphatic heterocycles. The molecule has 0 saturated carbocycles. The summed E-state index contributed by atoms with van der Waals surface area (Å²) in [7, 11) is 0. The van der Waals surface area contributed by atoms with Crippen LogP contribution in [0.15, 0.2) is 28.1 Å². The van der Waals surface area contributed by atoms with Gasteiger partial charge in [0.1, 0.15) is 11.5 Å². The van der Waals surface area contributed by atoms with Crippen LogP contribution in [0, 0.1) is 21.7 Å². The van der Waals surface area contributed by atoms with Crippen LogP contribution in [0.3, 0.4) is 0 Å². The Morgan fingerprint density at radius 3 is 2.68 bits per heavy atom. The molecule has 1 heterocycles. The molecule has 0 amide bonds. The van der Waals surface area contributed by atoms with Crippen molar-refractivity contribution in [2.45, 2.75) is 6.54 Å². The number of thiophene rings is 1. The van der Waals surface area contributed by atoms with Gasteiger partial charge in [-0.05, 0) is 22.0 Å². The van der Waals surface area contributed by atoms with E-state index in [-0.39, 0.29) is 12.2 Å². The van der Waals surface area contributed by atoms with Crippen molar-refractivity contribution in [1.82, 2.24) is 0 Å². The third kappa shape index (κ3) is 3.27. The monoisotopic (exact) mass is 348 g/mol. The normalized spacial score (nSPS) is 10.5. The molecule has 0 unspecified atom stereocenters. The zero-order valence-electron chi connectivity index (χ0n) is 9.32. The summed E-state index contributed by atoms with van der Waals surface area (Å²) in [5.41, 5.74) is -0.927. The lowest BCUT2D eigenvalue weighted by molar-refractivity contribution is -0.386. The minimum atomic E-state index is -1.19. The molecule has 0 saturated heterocycles. The number of hydrogen-bond donors (Lipinski definition) is 1. The maximum atomic E-state index is 13.4. The van der Waals surface area contributed by atoms with Gasteiger partial charge in [0.05, 0.1) is 4.92 Å². The second-order valence-electron chi connectivity index (χ2n) is 3.63. The summed E-state index contributed by atoms with van der Waals surface area (Å²) >= 11 is 4.70. The second kappa shape index (κ2) is 5.62. The van der Waals surface area contributed by atoms with Crippen molar-refractivity contribution in [3.05, 3.63) is 54.7 Å². The van der Waals surface area contributed by atoms with Crippen LogP contribution >= 0.6 is 27.3 Å². The fourth-order valence-corrected chi connectivity index (χ4v) is 2.91. The zero-order chi connectivity index (χ0) is 14.0. The predicted octanol–water partition coefficient (Wildman–Crippen LogP) is 4.31. The number of nitro groups is 1. The van der Waals surface area contributed by atoms with Crippen LogP contribution in [-0.2, 0) is 6.54 Å². The van der Waals surface area contributed by atoms with Crippen molar-refractivity contribution in [2.24, 2.45) is 0 Å². The first-order valence-electron chi connectivity index (χ1n) is 5.07. The maximum Gasteiger partial charge on any atom is 0.327 e. The van der Waals surface area contributed by atoms with Gasteiger partial charge in [0, 0.05) is 33.4 Å². The minimum Gasteiger partial charge on any atom is -0.374 e. The van der Waals surface area contributed by atoms with E-state index in [2.05, 4.69) is 21.2 Å². The lowest BCUT2D eigenvalue weighted by Crippen LogP contribution is -2.04. The number of anilines is 1. The molecule has 0 fully saturated rings. The van der Waals surface area contributed by atoms with E-state index in [1.807, 2.05) is 11.4 Å². The van der Waals surface area contributed by atoms with Crippen LogP contribution in [0.25, 0.3) is 0 Å². The van der Waals surface area contributed by atoms with Crippen molar-refractivity contribution in [3.63, 3.8) is 0 Å². The Balaban J connectivity index is 2.26. The van der Waals surface area contributed by atoms with E-state index in [0.29, 0.717) is 6.07 Å².